The third-order valence-corrected chi connectivity index (χ3v) is 5.08. The van der Waals surface area contributed by atoms with E-state index >= 15 is 0 Å². The molecule has 0 unspecified atom stereocenters. The van der Waals surface area contributed by atoms with E-state index in [1.165, 1.54) is 0 Å². The summed E-state index contributed by atoms with van der Waals surface area (Å²) in [6.45, 7) is 5.88. The lowest BCUT2D eigenvalue weighted by atomic mass is 10.0. The molecule has 7 heteroatoms. The number of aromatic amines is 1. The quantitative estimate of drug-likeness (QED) is 0.673. The van der Waals surface area contributed by atoms with Crippen LogP contribution in [0, 0.1) is 13.8 Å². The molecule has 0 aliphatic heterocycles. The lowest BCUT2D eigenvalue weighted by Gasteiger charge is -2.14. The Kier molecular flexibility index (Phi) is 5.87. The number of methoxy groups -OCH3 is 1. The fourth-order valence-electron chi connectivity index (χ4n) is 3.38. The van der Waals surface area contributed by atoms with Gasteiger partial charge in [0.25, 0.3) is 11.5 Å². The van der Waals surface area contributed by atoms with Crippen LogP contribution in [0.3, 0.4) is 0 Å². The van der Waals surface area contributed by atoms with Crippen molar-refractivity contribution in [2.45, 2.75) is 33.2 Å². The maximum atomic E-state index is 12.6. The van der Waals surface area contributed by atoms with E-state index in [2.05, 4.69) is 15.4 Å². The lowest BCUT2D eigenvalue weighted by molar-refractivity contribution is 0.0938. The van der Waals surface area contributed by atoms with Gasteiger partial charge in [-0.2, -0.15) is 5.10 Å². The van der Waals surface area contributed by atoms with Gasteiger partial charge in [-0.1, -0.05) is 12.1 Å². The van der Waals surface area contributed by atoms with Crippen LogP contribution in [-0.2, 0) is 13.5 Å². The number of rotatable bonds is 6. The molecule has 2 N–H and O–H groups in total. The first-order valence-corrected chi connectivity index (χ1v) is 9.47. The minimum atomic E-state index is -0.427. The highest BCUT2D eigenvalue weighted by atomic mass is 16.5. The molecular formula is C22H26N4O3. The van der Waals surface area contributed by atoms with Crippen molar-refractivity contribution >= 4 is 5.91 Å². The first-order valence-electron chi connectivity index (χ1n) is 9.47. The molecule has 7 nitrogen and oxygen atoms in total. The predicted octanol–water partition coefficient (Wildman–Crippen LogP) is 2.76. The Balaban J connectivity index is 1.74. The van der Waals surface area contributed by atoms with E-state index in [1.54, 1.807) is 19.2 Å². The molecule has 152 valence electrons. The van der Waals surface area contributed by atoms with Crippen molar-refractivity contribution < 1.29 is 9.53 Å². The third-order valence-electron chi connectivity index (χ3n) is 5.08. The summed E-state index contributed by atoms with van der Waals surface area (Å²) in [5, 5.41) is 7.32. The molecule has 29 heavy (non-hydrogen) atoms. The van der Waals surface area contributed by atoms with Crippen molar-refractivity contribution in [3.8, 4) is 17.0 Å². The van der Waals surface area contributed by atoms with Gasteiger partial charge in [-0.3, -0.25) is 14.3 Å². The molecule has 0 spiro atoms. The number of aromatic nitrogens is 3. The van der Waals surface area contributed by atoms with Crippen LogP contribution in [0.25, 0.3) is 11.3 Å². The molecule has 0 saturated carbocycles. The molecule has 2 heterocycles. The number of H-pyrrole nitrogens is 1. The number of nitrogens with one attached hydrogen (secondary N) is 2. The van der Waals surface area contributed by atoms with Gasteiger partial charge in [0, 0.05) is 30.0 Å². The van der Waals surface area contributed by atoms with Gasteiger partial charge in [0.05, 0.1) is 12.8 Å². The number of carbonyl (C=O) groups excluding carboxylic acids is 1. The molecular weight excluding hydrogens is 368 g/mol. The molecule has 0 aliphatic carbocycles. The second kappa shape index (κ2) is 8.34. The summed E-state index contributed by atoms with van der Waals surface area (Å²) in [4.78, 5) is 27.9. The van der Waals surface area contributed by atoms with Crippen LogP contribution < -0.4 is 15.6 Å². The molecule has 2 aromatic heterocycles. The summed E-state index contributed by atoms with van der Waals surface area (Å²) < 4.78 is 7.05. The molecule has 1 aromatic carbocycles. The number of amides is 1. The highest BCUT2D eigenvalue weighted by Gasteiger charge is 2.17. The zero-order valence-electron chi connectivity index (χ0n) is 17.4. The van der Waals surface area contributed by atoms with Crippen molar-refractivity contribution in [1.82, 2.24) is 20.1 Å². The number of carbonyl (C=O) groups is 1. The number of aryl methyl sites for hydroxylation is 2. The van der Waals surface area contributed by atoms with Crippen LogP contribution in [0.2, 0.25) is 0 Å². The first-order chi connectivity index (χ1) is 13.8. The standard InChI is InChI=1S/C22H26N4O3/c1-13(11-19-14(2)25-26(4)15(19)3)23-21(27)18-9-10-20(24-22(18)28)16-7-6-8-17(12-16)29-5/h6-10,12-13H,11H2,1-5H3,(H,23,27)(H,24,28)/t13-/m1/s1. The van der Waals surface area contributed by atoms with Gasteiger partial charge in [-0.25, -0.2) is 0 Å². The van der Waals surface area contributed by atoms with Crippen LogP contribution in [-0.4, -0.2) is 33.8 Å². The monoisotopic (exact) mass is 394 g/mol. The number of ether oxygens (including phenoxy) is 1. The van der Waals surface area contributed by atoms with Gasteiger partial charge in [-0.15, -0.1) is 0 Å². The normalized spacial score (nSPS) is 11.9. The molecule has 0 aliphatic rings. The van der Waals surface area contributed by atoms with E-state index < -0.39 is 11.5 Å². The number of benzene rings is 1. The molecule has 3 rings (SSSR count). The maximum absolute atomic E-state index is 12.6. The topological polar surface area (TPSA) is 89.0 Å². The molecule has 1 atom stereocenters. The number of hydrogen-bond acceptors (Lipinski definition) is 4. The van der Waals surface area contributed by atoms with Crippen molar-refractivity contribution in [3.63, 3.8) is 0 Å². The smallest absolute Gasteiger partial charge is 0.261 e. The van der Waals surface area contributed by atoms with Gasteiger partial charge >= 0.3 is 0 Å². The van der Waals surface area contributed by atoms with Crippen molar-refractivity contribution in [2.75, 3.05) is 7.11 Å². The first kappa shape index (κ1) is 20.4. The predicted molar refractivity (Wildman–Crippen MR) is 112 cm³/mol. The zero-order chi connectivity index (χ0) is 21.1. The second-order valence-corrected chi connectivity index (χ2v) is 7.20. The van der Waals surface area contributed by atoms with Gasteiger partial charge in [0.2, 0.25) is 0 Å². The minimum Gasteiger partial charge on any atom is -0.497 e. The molecule has 0 bridgehead atoms. The maximum Gasteiger partial charge on any atom is 0.261 e. The fraction of sp³-hybridized carbons (Fsp3) is 0.318. The summed E-state index contributed by atoms with van der Waals surface area (Å²) in [5.74, 6) is 0.301. The molecule has 3 aromatic rings. The van der Waals surface area contributed by atoms with E-state index in [1.807, 2.05) is 56.8 Å². The largest absolute Gasteiger partial charge is 0.497 e. The van der Waals surface area contributed by atoms with Gasteiger partial charge < -0.3 is 15.0 Å². The Morgan fingerprint density at radius 2 is 2.03 bits per heavy atom. The van der Waals surface area contributed by atoms with Crippen LogP contribution >= 0.6 is 0 Å². The molecule has 0 fully saturated rings. The van der Waals surface area contributed by atoms with Gasteiger partial charge in [0.15, 0.2) is 0 Å². The Labute approximate surface area is 169 Å². The summed E-state index contributed by atoms with van der Waals surface area (Å²) in [6, 6.07) is 10.5. The second-order valence-electron chi connectivity index (χ2n) is 7.20. The Morgan fingerprint density at radius 3 is 2.66 bits per heavy atom. The van der Waals surface area contributed by atoms with E-state index in [0.717, 1.165) is 22.5 Å². The van der Waals surface area contributed by atoms with Gasteiger partial charge in [-0.05, 0) is 57.0 Å². The molecule has 0 saturated heterocycles. The van der Waals surface area contributed by atoms with E-state index in [4.69, 9.17) is 4.74 Å². The van der Waals surface area contributed by atoms with Crippen LogP contribution in [0.1, 0.15) is 34.2 Å². The average molecular weight is 394 g/mol. The van der Waals surface area contributed by atoms with Crippen LogP contribution in [0.4, 0.5) is 0 Å². The zero-order valence-corrected chi connectivity index (χ0v) is 17.4. The number of hydrogen-bond donors (Lipinski definition) is 2. The fourth-order valence-corrected chi connectivity index (χ4v) is 3.38. The van der Waals surface area contributed by atoms with Crippen molar-refractivity contribution in [1.29, 1.82) is 0 Å². The van der Waals surface area contributed by atoms with E-state index in [0.29, 0.717) is 17.9 Å². The Hall–Kier alpha value is -3.35. The summed E-state index contributed by atoms with van der Waals surface area (Å²) in [7, 11) is 3.49. The number of pyridine rings is 1. The summed E-state index contributed by atoms with van der Waals surface area (Å²) >= 11 is 0. The Morgan fingerprint density at radius 1 is 1.28 bits per heavy atom. The SMILES string of the molecule is COc1cccc(-c2ccc(C(=O)N[C@H](C)Cc3c(C)nn(C)c3C)c(=O)[nH]2)c1. The Bertz CT molecular complexity index is 1100. The van der Waals surface area contributed by atoms with Crippen LogP contribution in [0.15, 0.2) is 41.2 Å². The highest BCUT2D eigenvalue weighted by molar-refractivity contribution is 5.94. The van der Waals surface area contributed by atoms with E-state index in [9.17, 15) is 9.59 Å². The van der Waals surface area contributed by atoms with Crippen molar-refractivity contribution in [3.05, 3.63) is 69.3 Å². The lowest BCUT2D eigenvalue weighted by Crippen LogP contribution is -2.37. The van der Waals surface area contributed by atoms with Gasteiger partial charge in [0.1, 0.15) is 11.3 Å². The number of nitrogens with zero attached hydrogens (tertiary/aromatic N) is 2. The van der Waals surface area contributed by atoms with Crippen molar-refractivity contribution in [2.24, 2.45) is 7.05 Å². The molecule has 1 amide bonds. The highest BCUT2D eigenvalue weighted by Crippen LogP contribution is 2.21. The minimum absolute atomic E-state index is 0.0862. The average Bonchev–Trinajstić information content (AvgIpc) is 2.93. The summed E-state index contributed by atoms with van der Waals surface area (Å²) in [5.41, 5.74) is 4.23. The third kappa shape index (κ3) is 4.39. The van der Waals surface area contributed by atoms with Crippen LogP contribution in [0.5, 0.6) is 5.75 Å². The van der Waals surface area contributed by atoms with E-state index in [-0.39, 0.29) is 11.6 Å². The molecule has 0 radical (unpaired) electrons. The summed E-state index contributed by atoms with van der Waals surface area (Å²) in [6.07, 6.45) is 0.650.